The van der Waals surface area contributed by atoms with Crippen molar-refractivity contribution in [3.05, 3.63) is 78.6 Å². The molecule has 2 amide bonds. The van der Waals surface area contributed by atoms with Crippen LogP contribution in [0.1, 0.15) is 24.2 Å². The monoisotopic (exact) mass is 374 g/mol. The molecule has 6 nitrogen and oxygen atoms in total. The van der Waals surface area contributed by atoms with E-state index in [9.17, 15) is 9.59 Å². The maximum absolute atomic E-state index is 12.9. The van der Waals surface area contributed by atoms with Crippen molar-refractivity contribution < 1.29 is 9.59 Å². The lowest BCUT2D eigenvalue weighted by Crippen LogP contribution is -2.30. The van der Waals surface area contributed by atoms with Crippen molar-refractivity contribution in [2.45, 2.75) is 13.8 Å². The minimum atomic E-state index is -0.116. The van der Waals surface area contributed by atoms with Crippen LogP contribution >= 0.6 is 0 Å². The van der Waals surface area contributed by atoms with Gasteiger partial charge >= 0.3 is 0 Å². The molecule has 0 saturated heterocycles. The number of para-hydroxylation sites is 1. The Labute approximate surface area is 164 Å². The van der Waals surface area contributed by atoms with Gasteiger partial charge in [0.25, 0.3) is 5.91 Å². The zero-order valence-electron chi connectivity index (χ0n) is 15.8. The molecular weight excluding hydrogens is 352 g/mol. The number of hydrogen-bond donors (Lipinski definition) is 2. The topological polar surface area (TPSA) is 74.3 Å². The highest BCUT2D eigenvalue weighted by Crippen LogP contribution is 2.21. The fraction of sp³-hybridized carbons (Fsp3) is 0.136. The van der Waals surface area contributed by atoms with E-state index in [0.29, 0.717) is 17.8 Å². The molecule has 1 heterocycles. The number of carbonyl (C=O) groups is 2. The highest BCUT2D eigenvalue weighted by molar-refractivity contribution is 6.06. The number of nitrogens with one attached hydrogen (secondary N) is 2. The van der Waals surface area contributed by atoms with Gasteiger partial charge in [0.2, 0.25) is 5.91 Å². The average Bonchev–Trinajstić information content (AvgIpc) is 2.71. The van der Waals surface area contributed by atoms with Crippen LogP contribution in [0.15, 0.2) is 73.1 Å². The number of rotatable bonds is 6. The van der Waals surface area contributed by atoms with E-state index in [1.54, 1.807) is 35.5 Å². The molecule has 0 aliphatic heterocycles. The lowest BCUT2D eigenvalue weighted by atomic mass is 10.2. The number of hydrogen-bond acceptors (Lipinski definition) is 4. The smallest absolute Gasteiger partial charge is 0.259 e. The summed E-state index contributed by atoms with van der Waals surface area (Å²) >= 11 is 0. The van der Waals surface area contributed by atoms with Crippen LogP contribution in [-0.4, -0.2) is 23.3 Å². The Kier molecular flexibility index (Phi) is 6.01. The van der Waals surface area contributed by atoms with Crippen molar-refractivity contribution in [1.29, 1.82) is 0 Å². The highest BCUT2D eigenvalue weighted by Gasteiger charge is 2.16. The van der Waals surface area contributed by atoms with Crippen LogP contribution in [0, 0.1) is 0 Å². The first-order valence-corrected chi connectivity index (χ1v) is 9.03. The molecule has 0 aliphatic rings. The van der Waals surface area contributed by atoms with E-state index < -0.39 is 0 Å². The molecule has 3 rings (SSSR count). The molecule has 0 radical (unpaired) electrons. The molecule has 142 valence electrons. The first kappa shape index (κ1) is 19.1. The summed E-state index contributed by atoms with van der Waals surface area (Å²) < 4.78 is 0. The third kappa shape index (κ3) is 4.73. The second kappa shape index (κ2) is 8.81. The summed E-state index contributed by atoms with van der Waals surface area (Å²) in [6.07, 6.45) is 3.23. The summed E-state index contributed by atoms with van der Waals surface area (Å²) in [6, 6.07) is 18.7. The lowest BCUT2D eigenvalue weighted by molar-refractivity contribution is -0.114. The summed E-state index contributed by atoms with van der Waals surface area (Å²) in [6.45, 7) is 3.97. The van der Waals surface area contributed by atoms with Gasteiger partial charge in [0.15, 0.2) is 0 Å². The molecule has 1 aromatic heterocycles. The summed E-state index contributed by atoms with van der Waals surface area (Å²) in [4.78, 5) is 30.0. The first-order chi connectivity index (χ1) is 13.6. The summed E-state index contributed by atoms with van der Waals surface area (Å²) in [5.74, 6) is -0.221. The van der Waals surface area contributed by atoms with Gasteiger partial charge in [0.1, 0.15) is 0 Å². The minimum absolute atomic E-state index is 0.106. The van der Waals surface area contributed by atoms with E-state index >= 15 is 0 Å². The molecule has 0 aliphatic carbocycles. The fourth-order valence-corrected chi connectivity index (χ4v) is 2.84. The first-order valence-electron chi connectivity index (χ1n) is 9.03. The molecular formula is C22H22N4O2. The van der Waals surface area contributed by atoms with Crippen molar-refractivity contribution >= 4 is 34.6 Å². The second-order valence-corrected chi connectivity index (χ2v) is 6.23. The standard InChI is InChI=1S/C22H22N4O2/c1-3-26(21-7-5-4-6-8-21)22(28)17-13-20(15-23-14-17)25-19-11-9-18(10-12-19)24-16(2)27/h4-15,25H,3H2,1-2H3,(H,24,27). The molecule has 2 aromatic carbocycles. The fourth-order valence-electron chi connectivity index (χ4n) is 2.84. The SMILES string of the molecule is CCN(C(=O)c1cncc(Nc2ccc(NC(C)=O)cc2)c1)c1ccccc1. The molecule has 0 fully saturated rings. The Morgan fingerprint density at radius 3 is 2.25 bits per heavy atom. The molecule has 3 aromatic rings. The van der Waals surface area contributed by atoms with Gasteiger partial charge in [-0.15, -0.1) is 0 Å². The van der Waals surface area contributed by atoms with Crippen LogP contribution < -0.4 is 15.5 Å². The van der Waals surface area contributed by atoms with Crippen LogP contribution in [-0.2, 0) is 4.79 Å². The van der Waals surface area contributed by atoms with Crippen molar-refractivity contribution in [1.82, 2.24) is 4.98 Å². The predicted octanol–water partition coefficient (Wildman–Crippen LogP) is 4.45. The maximum atomic E-state index is 12.9. The van der Waals surface area contributed by atoms with Crippen LogP contribution in [0.25, 0.3) is 0 Å². The molecule has 0 bridgehead atoms. The number of pyridine rings is 1. The molecule has 6 heteroatoms. The lowest BCUT2D eigenvalue weighted by Gasteiger charge is -2.21. The number of benzene rings is 2. The van der Waals surface area contributed by atoms with E-state index in [4.69, 9.17) is 0 Å². The zero-order valence-corrected chi connectivity index (χ0v) is 15.8. The molecule has 0 spiro atoms. The van der Waals surface area contributed by atoms with Crippen molar-refractivity contribution in [3.63, 3.8) is 0 Å². The quantitative estimate of drug-likeness (QED) is 0.668. The van der Waals surface area contributed by atoms with Gasteiger partial charge in [0, 0.05) is 36.7 Å². The Morgan fingerprint density at radius 1 is 0.929 bits per heavy atom. The predicted molar refractivity (Wildman–Crippen MR) is 112 cm³/mol. The Bertz CT molecular complexity index is 956. The number of amides is 2. The van der Waals surface area contributed by atoms with Crippen molar-refractivity contribution in [3.8, 4) is 0 Å². The number of anilines is 4. The molecule has 2 N–H and O–H groups in total. The molecule has 0 atom stereocenters. The molecule has 0 saturated carbocycles. The Morgan fingerprint density at radius 2 is 1.61 bits per heavy atom. The second-order valence-electron chi connectivity index (χ2n) is 6.23. The van der Waals surface area contributed by atoms with E-state index in [1.165, 1.54) is 6.92 Å². The Balaban J connectivity index is 1.76. The third-order valence-corrected chi connectivity index (χ3v) is 4.11. The van der Waals surface area contributed by atoms with Crippen LogP contribution in [0.2, 0.25) is 0 Å². The summed E-state index contributed by atoms with van der Waals surface area (Å²) in [7, 11) is 0. The van der Waals surface area contributed by atoms with Gasteiger partial charge in [0.05, 0.1) is 17.4 Å². The minimum Gasteiger partial charge on any atom is -0.354 e. The van der Waals surface area contributed by atoms with Crippen LogP contribution in [0.3, 0.4) is 0 Å². The van der Waals surface area contributed by atoms with Crippen molar-refractivity contribution in [2.75, 3.05) is 22.1 Å². The van der Waals surface area contributed by atoms with E-state index in [0.717, 1.165) is 17.1 Å². The van der Waals surface area contributed by atoms with Gasteiger partial charge in [-0.3, -0.25) is 14.6 Å². The van der Waals surface area contributed by atoms with Gasteiger partial charge in [-0.2, -0.15) is 0 Å². The van der Waals surface area contributed by atoms with Gasteiger partial charge in [-0.25, -0.2) is 0 Å². The highest BCUT2D eigenvalue weighted by atomic mass is 16.2. The third-order valence-electron chi connectivity index (χ3n) is 4.11. The number of aromatic nitrogens is 1. The molecule has 0 unspecified atom stereocenters. The largest absolute Gasteiger partial charge is 0.354 e. The number of nitrogens with zero attached hydrogens (tertiary/aromatic N) is 2. The maximum Gasteiger partial charge on any atom is 0.259 e. The average molecular weight is 374 g/mol. The van der Waals surface area contributed by atoms with E-state index in [1.807, 2.05) is 49.4 Å². The van der Waals surface area contributed by atoms with Crippen LogP contribution in [0.4, 0.5) is 22.7 Å². The molecule has 28 heavy (non-hydrogen) atoms. The van der Waals surface area contributed by atoms with Crippen molar-refractivity contribution in [2.24, 2.45) is 0 Å². The van der Waals surface area contributed by atoms with Gasteiger partial charge < -0.3 is 15.5 Å². The Hall–Kier alpha value is -3.67. The summed E-state index contributed by atoms with van der Waals surface area (Å²) in [5.41, 5.74) is 3.62. The van der Waals surface area contributed by atoms with Gasteiger partial charge in [-0.1, -0.05) is 18.2 Å². The summed E-state index contributed by atoms with van der Waals surface area (Å²) in [5, 5.41) is 5.96. The zero-order chi connectivity index (χ0) is 19.9. The van der Waals surface area contributed by atoms with Gasteiger partial charge in [-0.05, 0) is 49.4 Å². The van der Waals surface area contributed by atoms with E-state index in [2.05, 4.69) is 15.6 Å². The van der Waals surface area contributed by atoms with E-state index in [-0.39, 0.29) is 11.8 Å². The normalized spacial score (nSPS) is 10.2. The van der Waals surface area contributed by atoms with Crippen LogP contribution in [0.5, 0.6) is 0 Å². The number of carbonyl (C=O) groups excluding carboxylic acids is 2.